The summed E-state index contributed by atoms with van der Waals surface area (Å²) in [5.41, 5.74) is 2.97. The van der Waals surface area contributed by atoms with E-state index in [1.54, 1.807) is 5.57 Å². The van der Waals surface area contributed by atoms with Gasteiger partial charge in [-0.3, -0.25) is 4.79 Å². The minimum Gasteiger partial charge on any atom is -0.469 e. The molecule has 4 nitrogen and oxygen atoms in total. The van der Waals surface area contributed by atoms with E-state index >= 15 is 0 Å². The van der Waals surface area contributed by atoms with Crippen LogP contribution in [0.25, 0.3) is 0 Å². The summed E-state index contributed by atoms with van der Waals surface area (Å²) in [6.07, 6.45) is 13.5. The van der Waals surface area contributed by atoms with Gasteiger partial charge in [-0.05, 0) is 110 Å². The summed E-state index contributed by atoms with van der Waals surface area (Å²) < 4.78 is 10.9. The standard InChI is InChI=1S/C32H44O4/c1-21(10-15-29(33)35-4)26-13-14-27-25-12-11-23-20-24(36-30(34)22-8-6-5-7-9-22)16-18-31(23,2)28(25)17-19-32(26,27)3/h5-9,17,21,23-27H,10-16,18-20H2,1-4H3/t21-,23-,24-,25+,26-,27+,31+,32-/m1/s1. The van der Waals surface area contributed by atoms with Crippen LogP contribution in [0.15, 0.2) is 42.0 Å². The summed E-state index contributed by atoms with van der Waals surface area (Å²) in [7, 11) is 1.49. The largest absolute Gasteiger partial charge is 0.469 e. The van der Waals surface area contributed by atoms with E-state index < -0.39 is 0 Å². The van der Waals surface area contributed by atoms with Crippen molar-refractivity contribution in [1.29, 1.82) is 0 Å². The molecule has 5 rings (SSSR count). The Morgan fingerprint density at radius 2 is 1.83 bits per heavy atom. The van der Waals surface area contributed by atoms with Gasteiger partial charge < -0.3 is 9.47 Å². The van der Waals surface area contributed by atoms with Crippen LogP contribution in [-0.4, -0.2) is 25.2 Å². The van der Waals surface area contributed by atoms with Gasteiger partial charge in [0.15, 0.2) is 0 Å². The van der Waals surface area contributed by atoms with Crippen LogP contribution in [0, 0.1) is 40.4 Å². The van der Waals surface area contributed by atoms with Gasteiger partial charge in [0, 0.05) is 6.42 Å². The van der Waals surface area contributed by atoms with Gasteiger partial charge in [0.05, 0.1) is 12.7 Å². The fraction of sp³-hybridized carbons (Fsp3) is 0.688. The van der Waals surface area contributed by atoms with Crippen molar-refractivity contribution in [3.8, 4) is 0 Å². The molecule has 1 aromatic carbocycles. The number of carbonyl (C=O) groups is 2. The molecule has 0 unspecified atom stereocenters. The van der Waals surface area contributed by atoms with E-state index in [1.165, 1.54) is 39.2 Å². The Bertz CT molecular complexity index is 999. The van der Waals surface area contributed by atoms with Crippen molar-refractivity contribution in [2.45, 2.75) is 91.1 Å². The van der Waals surface area contributed by atoms with E-state index in [2.05, 4.69) is 26.8 Å². The monoisotopic (exact) mass is 492 g/mol. The molecular formula is C32H44O4. The SMILES string of the molecule is COC(=O)CC[C@@H](C)[C@H]1CC[C@H]2[C@@H]3CC[C@@H]4C[C@H](OC(=O)c5ccccc5)CC[C@]4(C)C3=CC[C@]12C. The summed E-state index contributed by atoms with van der Waals surface area (Å²) in [6, 6.07) is 9.41. The highest BCUT2D eigenvalue weighted by atomic mass is 16.5. The van der Waals surface area contributed by atoms with Gasteiger partial charge in [0.1, 0.15) is 6.10 Å². The number of methoxy groups -OCH3 is 1. The number of rotatable bonds is 6. The maximum absolute atomic E-state index is 12.7. The first-order valence-corrected chi connectivity index (χ1v) is 14.3. The molecule has 8 atom stereocenters. The van der Waals surface area contributed by atoms with Crippen molar-refractivity contribution >= 4 is 11.9 Å². The fourth-order valence-electron chi connectivity index (χ4n) is 9.01. The van der Waals surface area contributed by atoms with Crippen molar-refractivity contribution in [2.75, 3.05) is 7.11 Å². The number of allylic oxidation sites excluding steroid dienone is 2. The van der Waals surface area contributed by atoms with Crippen LogP contribution in [0.4, 0.5) is 0 Å². The zero-order chi connectivity index (χ0) is 25.5. The third-order valence-electron chi connectivity index (χ3n) is 11.1. The van der Waals surface area contributed by atoms with Crippen LogP contribution in [0.1, 0.15) is 95.3 Å². The number of ether oxygens (including phenoxy) is 2. The Hall–Kier alpha value is -2.10. The molecule has 0 aromatic heterocycles. The molecule has 4 aliphatic rings. The van der Waals surface area contributed by atoms with Gasteiger partial charge in [-0.25, -0.2) is 4.79 Å². The molecule has 1 aromatic rings. The summed E-state index contributed by atoms with van der Waals surface area (Å²) in [6.45, 7) is 7.42. The smallest absolute Gasteiger partial charge is 0.338 e. The lowest BCUT2D eigenvalue weighted by atomic mass is 9.48. The molecule has 0 radical (unpaired) electrons. The number of benzene rings is 1. The number of hydrogen-bond acceptors (Lipinski definition) is 4. The van der Waals surface area contributed by atoms with Crippen LogP contribution in [0.2, 0.25) is 0 Å². The highest BCUT2D eigenvalue weighted by Crippen LogP contribution is 2.66. The fourth-order valence-corrected chi connectivity index (χ4v) is 9.01. The van der Waals surface area contributed by atoms with E-state index in [1.807, 2.05) is 30.3 Å². The minimum absolute atomic E-state index is 0.0355. The van der Waals surface area contributed by atoms with E-state index in [0.29, 0.717) is 41.1 Å². The zero-order valence-electron chi connectivity index (χ0n) is 22.6. The quantitative estimate of drug-likeness (QED) is 0.307. The van der Waals surface area contributed by atoms with Crippen molar-refractivity contribution in [1.82, 2.24) is 0 Å². The topological polar surface area (TPSA) is 52.6 Å². The lowest BCUT2D eigenvalue weighted by Gasteiger charge is -2.57. The van der Waals surface area contributed by atoms with Crippen LogP contribution in [0.5, 0.6) is 0 Å². The van der Waals surface area contributed by atoms with Crippen LogP contribution in [0.3, 0.4) is 0 Å². The molecular weight excluding hydrogens is 448 g/mol. The molecule has 0 N–H and O–H groups in total. The second-order valence-electron chi connectivity index (χ2n) is 12.7. The van der Waals surface area contributed by atoms with Gasteiger partial charge in [0.25, 0.3) is 0 Å². The molecule has 0 amide bonds. The van der Waals surface area contributed by atoms with Crippen molar-refractivity contribution in [3.05, 3.63) is 47.5 Å². The normalized spacial score (nSPS) is 38.1. The van der Waals surface area contributed by atoms with Gasteiger partial charge >= 0.3 is 11.9 Å². The molecule has 196 valence electrons. The molecule has 0 spiro atoms. The first-order valence-electron chi connectivity index (χ1n) is 14.3. The Labute approximate surface area is 217 Å². The van der Waals surface area contributed by atoms with Crippen LogP contribution < -0.4 is 0 Å². The lowest BCUT2D eigenvalue weighted by Crippen LogP contribution is -2.49. The molecule has 0 bridgehead atoms. The Morgan fingerprint density at radius 3 is 2.58 bits per heavy atom. The van der Waals surface area contributed by atoms with E-state index in [-0.39, 0.29) is 23.5 Å². The molecule has 4 heteroatoms. The predicted octanol–water partition coefficient (Wildman–Crippen LogP) is 7.38. The third kappa shape index (κ3) is 4.43. The molecule has 0 saturated heterocycles. The number of fused-ring (bicyclic) bond motifs is 5. The highest BCUT2D eigenvalue weighted by molar-refractivity contribution is 5.89. The maximum Gasteiger partial charge on any atom is 0.338 e. The second-order valence-corrected chi connectivity index (χ2v) is 12.7. The predicted molar refractivity (Wildman–Crippen MR) is 141 cm³/mol. The Balaban J connectivity index is 1.27. The molecule has 3 saturated carbocycles. The average Bonchev–Trinajstić information content (AvgIpc) is 3.25. The number of esters is 2. The van der Waals surface area contributed by atoms with Gasteiger partial charge in [-0.1, -0.05) is 50.6 Å². The third-order valence-corrected chi connectivity index (χ3v) is 11.1. The molecule has 3 fully saturated rings. The second kappa shape index (κ2) is 9.99. The molecule has 0 aliphatic heterocycles. The van der Waals surface area contributed by atoms with E-state index in [0.717, 1.165) is 31.6 Å². The Kier molecular flexibility index (Phi) is 7.09. The van der Waals surface area contributed by atoms with E-state index in [4.69, 9.17) is 9.47 Å². The lowest BCUT2D eigenvalue weighted by molar-refractivity contribution is -0.141. The van der Waals surface area contributed by atoms with Gasteiger partial charge in [-0.2, -0.15) is 0 Å². The first-order chi connectivity index (χ1) is 17.3. The molecule has 36 heavy (non-hydrogen) atoms. The van der Waals surface area contributed by atoms with Gasteiger partial charge in [-0.15, -0.1) is 0 Å². The number of carbonyl (C=O) groups excluding carboxylic acids is 2. The van der Waals surface area contributed by atoms with Crippen LogP contribution >= 0.6 is 0 Å². The van der Waals surface area contributed by atoms with Gasteiger partial charge in [0.2, 0.25) is 0 Å². The summed E-state index contributed by atoms with van der Waals surface area (Å²) in [5, 5.41) is 0. The highest BCUT2D eigenvalue weighted by Gasteiger charge is 2.57. The molecule has 0 heterocycles. The van der Waals surface area contributed by atoms with Crippen molar-refractivity contribution < 1.29 is 19.1 Å². The molecule has 4 aliphatic carbocycles. The summed E-state index contributed by atoms with van der Waals surface area (Å²) in [4.78, 5) is 24.4. The van der Waals surface area contributed by atoms with Crippen molar-refractivity contribution in [3.63, 3.8) is 0 Å². The number of hydrogen-bond donors (Lipinski definition) is 0. The van der Waals surface area contributed by atoms with Crippen LogP contribution in [-0.2, 0) is 14.3 Å². The maximum atomic E-state index is 12.7. The summed E-state index contributed by atoms with van der Waals surface area (Å²) >= 11 is 0. The Morgan fingerprint density at radius 1 is 1.06 bits per heavy atom. The zero-order valence-corrected chi connectivity index (χ0v) is 22.6. The van der Waals surface area contributed by atoms with Crippen molar-refractivity contribution in [2.24, 2.45) is 40.4 Å². The van der Waals surface area contributed by atoms with E-state index in [9.17, 15) is 9.59 Å². The average molecular weight is 493 g/mol. The summed E-state index contributed by atoms with van der Waals surface area (Å²) in [5.74, 6) is 3.04. The first kappa shape index (κ1) is 25.5. The minimum atomic E-state index is -0.177.